The molecule has 0 bridgehead atoms. The van der Waals surface area contributed by atoms with Gasteiger partial charge in [0, 0.05) is 44.5 Å². The van der Waals surface area contributed by atoms with Crippen molar-refractivity contribution in [3.8, 4) is 0 Å². The second kappa shape index (κ2) is 8.33. The third-order valence-corrected chi connectivity index (χ3v) is 7.07. The number of rotatable bonds is 5. The molecule has 4 rings (SSSR count). The van der Waals surface area contributed by atoms with E-state index in [1.807, 2.05) is 31.1 Å². The van der Waals surface area contributed by atoms with E-state index in [0.29, 0.717) is 5.13 Å². The van der Waals surface area contributed by atoms with Crippen molar-refractivity contribution in [1.82, 2.24) is 14.8 Å². The van der Waals surface area contributed by atoms with Gasteiger partial charge >= 0.3 is 6.09 Å². The van der Waals surface area contributed by atoms with E-state index in [1.54, 1.807) is 0 Å². The molecule has 0 unspecified atom stereocenters. The summed E-state index contributed by atoms with van der Waals surface area (Å²) in [4.78, 5) is 33.4. The van der Waals surface area contributed by atoms with E-state index < -0.39 is 17.3 Å². The Balaban J connectivity index is 1.24. The Morgan fingerprint density at radius 3 is 2.61 bits per heavy atom. The van der Waals surface area contributed by atoms with Crippen LogP contribution in [0.15, 0.2) is 5.38 Å². The number of likely N-dealkylation sites (tertiary alicyclic amines) is 1. The lowest BCUT2D eigenvalue weighted by atomic mass is 9.88. The summed E-state index contributed by atoms with van der Waals surface area (Å²) in [5, 5.41) is 5.26. The molecule has 2 amide bonds. The zero-order valence-corrected chi connectivity index (χ0v) is 19.8. The Bertz CT molecular complexity index is 822. The largest absolute Gasteiger partial charge is 0.444 e. The topological polar surface area (TPSA) is 84.0 Å². The van der Waals surface area contributed by atoms with Crippen molar-refractivity contribution in [2.75, 3.05) is 38.0 Å². The van der Waals surface area contributed by atoms with Gasteiger partial charge in [-0.3, -0.25) is 10.1 Å². The van der Waals surface area contributed by atoms with Crippen LogP contribution >= 0.6 is 11.3 Å². The number of morpholine rings is 1. The van der Waals surface area contributed by atoms with E-state index in [4.69, 9.17) is 9.47 Å². The van der Waals surface area contributed by atoms with Gasteiger partial charge in [0.05, 0.1) is 11.3 Å². The van der Waals surface area contributed by atoms with Gasteiger partial charge in [0.1, 0.15) is 11.2 Å². The number of nitrogens with one attached hydrogen (secondary N) is 1. The molecule has 3 aliphatic rings. The van der Waals surface area contributed by atoms with Gasteiger partial charge < -0.3 is 19.3 Å². The zero-order valence-electron chi connectivity index (χ0n) is 19.0. The van der Waals surface area contributed by atoms with Crippen LogP contribution in [-0.4, -0.2) is 76.3 Å². The van der Waals surface area contributed by atoms with Crippen LogP contribution in [0.5, 0.6) is 0 Å². The molecule has 1 aliphatic carbocycles. The molecule has 1 N–H and O–H groups in total. The molecule has 172 valence electrons. The molecular weight excluding hydrogens is 416 g/mol. The molecular formula is C22H34N4O4S. The minimum absolute atomic E-state index is 0.179. The number of carbonyl (C=O) groups is 2. The van der Waals surface area contributed by atoms with Crippen molar-refractivity contribution in [1.29, 1.82) is 0 Å². The van der Waals surface area contributed by atoms with Crippen molar-refractivity contribution in [2.45, 2.75) is 76.6 Å². The van der Waals surface area contributed by atoms with Gasteiger partial charge in [-0.05, 0) is 53.4 Å². The number of aromatic nitrogens is 1. The minimum Gasteiger partial charge on any atom is -0.444 e. The first-order valence-corrected chi connectivity index (χ1v) is 12.2. The maximum Gasteiger partial charge on any atom is 0.413 e. The van der Waals surface area contributed by atoms with Gasteiger partial charge in [-0.1, -0.05) is 0 Å². The number of nitrogens with zero attached hydrogens (tertiary/aromatic N) is 3. The Morgan fingerprint density at radius 2 is 2.00 bits per heavy atom. The molecule has 31 heavy (non-hydrogen) atoms. The minimum atomic E-state index is -0.529. The van der Waals surface area contributed by atoms with Crippen LogP contribution < -0.4 is 5.32 Å². The quantitative estimate of drug-likeness (QED) is 0.741. The predicted molar refractivity (Wildman–Crippen MR) is 119 cm³/mol. The Hall–Kier alpha value is -1.71. The molecule has 2 spiro atoms. The molecule has 9 heteroatoms. The molecule has 1 saturated carbocycles. The lowest BCUT2D eigenvalue weighted by molar-refractivity contribution is -0.200. The summed E-state index contributed by atoms with van der Waals surface area (Å²) in [5.74, 6) is 0.197. The van der Waals surface area contributed by atoms with Crippen LogP contribution in [0.25, 0.3) is 0 Å². The first kappa shape index (κ1) is 22.5. The SMILES string of the molecule is CCN1CC2(CCN(CCc3csc(NC(=O)OC(C)(C)C)n3)CC2)OC2(CC2)C1=O. The number of thiazole rings is 1. The van der Waals surface area contributed by atoms with Crippen LogP contribution in [0.3, 0.4) is 0 Å². The Morgan fingerprint density at radius 1 is 1.29 bits per heavy atom. The molecule has 3 heterocycles. The van der Waals surface area contributed by atoms with Crippen molar-refractivity contribution in [2.24, 2.45) is 0 Å². The first-order valence-electron chi connectivity index (χ1n) is 11.3. The summed E-state index contributed by atoms with van der Waals surface area (Å²) < 4.78 is 11.7. The van der Waals surface area contributed by atoms with Crippen LogP contribution in [-0.2, 0) is 20.7 Å². The highest BCUT2D eigenvalue weighted by molar-refractivity contribution is 7.13. The maximum atomic E-state index is 12.6. The van der Waals surface area contributed by atoms with Crippen LogP contribution in [0, 0.1) is 0 Å². The highest BCUT2D eigenvalue weighted by Crippen LogP contribution is 2.49. The fourth-order valence-electron chi connectivity index (χ4n) is 4.47. The number of anilines is 1. The number of carbonyl (C=O) groups excluding carboxylic acids is 2. The number of ether oxygens (including phenoxy) is 2. The van der Waals surface area contributed by atoms with Gasteiger partial charge in [0.15, 0.2) is 5.13 Å². The number of likely N-dealkylation sites (N-methyl/N-ethyl adjacent to an activating group) is 1. The average molecular weight is 451 g/mol. The Kier molecular flexibility index (Phi) is 6.04. The second-order valence-corrected chi connectivity index (χ2v) is 10.8. The predicted octanol–water partition coefficient (Wildman–Crippen LogP) is 3.28. The molecule has 0 radical (unpaired) electrons. The molecule has 1 aromatic heterocycles. The van der Waals surface area contributed by atoms with Crippen molar-refractivity contribution in [3.63, 3.8) is 0 Å². The fraction of sp³-hybridized carbons (Fsp3) is 0.773. The normalized spacial score (nSPS) is 22.7. The number of piperidine rings is 1. The second-order valence-electron chi connectivity index (χ2n) is 9.96. The van der Waals surface area contributed by atoms with Gasteiger partial charge in [-0.2, -0.15) is 0 Å². The van der Waals surface area contributed by atoms with Crippen LogP contribution in [0.4, 0.5) is 9.93 Å². The maximum absolute atomic E-state index is 12.6. The van der Waals surface area contributed by atoms with E-state index >= 15 is 0 Å². The number of amides is 2. The fourth-order valence-corrected chi connectivity index (χ4v) is 5.20. The summed E-state index contributed by atoms with van der Waals surface area (Å²) >= 11 is 1.42. The molecule has 2 aliphatic heterocycles. The Labute approximate surface area is 188 Å². The van der Waals surface area contributed by atoms with Crippen LogP contribution in [0.2, 0.25) is 0 Å². The van der Waals surface area contributed by atoms with Gasteiger partial charge in [-0.15, -0.1) is 11.3 Å². The zero-order chi connectivity index (χ0) is 22.3. The summed E-state index contributed by atoms with van der Waals surface area (Å²) in [7, 11) is 0. The molecule has 0 atom stereocenters. The van der Waals surface area contributed by atoms with E-state index in [-0.39, 0.29) is 11.5 Å². The molecule has 3 fully saturated rings. The third kappa shape index (κ3) is 5.21. The van der Waals surface area contributed by atoms with E-state index in [1.165, 1.54) is 11.3 Å². The van der Waals surface area contributed by atoms with Gasteiger partial charge in [-0.25, -0.2) is 9.78 Å². The van der Waals surface area contributed by atoms with E-state index in [9.17, 15) is 9.59 Å². The van der Waals surface area contributed by atoms with Crippen LogP contribution in [0.1, 0.15) is 59.1 Å². The van der Waals surface area contributed by atoms with Crippen molar-refractivity contribution < 1.29 is 19.1 Å². The van der Waals surface area contributed by atoms with E-state index in [2.05, 4.69) is 22.1 Å². The lowest BCUT2D eigenvalue weighted by Gasteiger charge is -2.50. The summed E-state index contributed by atoms with van der Waals surface area (Å²) in [6.07, 6.45) is 4.02. The smallest absolute Gasteiger partial charge is 0.413 e. The summed E-state index contributed by atoms with van der Waals surface area (Å²) in [5.41, 5.74) is -0.236. The molecule has 1 aromatic rings. The average Bonchev–Trinajstić information content (AvgIpc) is 3.32. The van der Waals surface area contributed by atoms with Crippen molar-refractivity contribution >= 4 is 28.5 Å². The standard InChI is InChI=1S/C22H34N4O4S/c1-5-26-15-21(30-22(7-8-22)17(26)27)9-12-25(13-10-21)11-6-16-14-31-18(23-16)24-19(28)29-20(2,3)4/h14H,5-13,15H2,1-4H3,(H,23,24,28). The molecule has 0 aromatic carbocycles. The monoisotopic (exact) mass is 450 g/mol. The summed E-state index contributed by atoms with van der Waals surface area (Å²) in [6, 6.07) is 0. The van der Waals surface area contributed by atoms with E-state index in [0.717, 1.165) is 70.5 Å². The van der Waals surface area contributed by atoms with Gasteiger partial charge in [0.25, 0.3) is 5.91 Å². The summed E-state index contributed by atoms with van der Waals surface area (Å²) in [6.45, 7) is 11.9. The number of hydrogen-bond acceptors (Lipinski definition) is 7. The molecule has 2 saturated heterocycles. The number of hydrogen-bond donors (Lipinski definition) is 1. The highest BCUT2D eigenvalue weighted by Gasteiger charge is 2.61. The highest BCUT2D eigenvalue weighted by atomic mass is 32.1. The van der Waals surface area contributed by atoms with Crippen molar-refractivity contribution in [3.05, 3.63) is 11.1 Å². The first-order chi connectivity index (χ1) is 14.6. The molecule has 8 nitrogen and oxygen atoms in total. The van der Waals surface area contributed by atoms with Gasteiger partial charge in [0.2, 0.25) is 0 Å². The third-order valence-electron chi connectivity index (χ3n) is 6.26. The lowest BCUT2D eigenvalue weighted by Crippen LogP contribution is -2.62.